The minimum absolute atomic E-state index is 0.0181. The summed E-state index contributed by atoms with van der Waals surface area (Å²) < 4.78 is 15.7. The Morgan fingerprint density at radius 1 is 1.29 bits per heavy atom. The largest absolute Gasteiger partial charge is 0.507 e. The lowest BCUT2D eigenvalue weighted by atomic mass is 9.99. The van der Waals surface area contributed by atoms with E-state index in [9.17, 15) is 19.5 Å². The Morgan fingerprint density at radius 2 is 2.03 bits per heavy atom. The number of carbonyl (C=O) groups excluding carboxylic acids is 3. The summed E-state index contributed by atoms with van der Waals surface area (Å²) in [6.07, 6.45) is 2.83. The monoisotopic (exact) mass is 480 g/mol. The Morgan fingerprint density at radius 3 is 2.65 bits per heavy atom. The molecule has 1 fully saturated rings. The number of amides is 1. The number of esters is 1. The SMILES string of the molecule is C=CCOC(=O)c1sc(N2C(=O)C(=O)/C(=C(\O)c3ccc(OC)cc3)C2c2ccco2)nc1C. The lowest BCUT2D eigenvalue weighted by Gasteiger charge is -2.20. The number of aromatic nitrogens is 1. The van der Waals surface area contributed by atoms with E-state index in [1.54, 1.807) is 43.3 Å². The molecule has 3 aromatic rings. The zero-order valence-corrected chi connectivity index (χ0v) is 19.1. The van der Waals surface area contributed by atoms with Gasteiger partial charge in [0.2, 0.25) is 0 Å². The number of hydrogen-bond acceptors (Lipinski definition) is 9. The quantitative estimate of drug-likeness (QED) is 0.177. The Kier molecular flexibility index (Phi) is 6.33. The number of anilines is 1. The molecule has 1 saturated heterocycles. The molecule has 2 aromatic heterocycles. The zero-order chi connectivity index (χ0) is 24.4. The molecular weight excluding hydrogens is 460 g/mol. The Hall–Kier alpha value is -4.18. The fourth-order valence-electron chi connectivity index (χ4n) is 3.52. The lowest BCUT2D eigenvalue weighted by Crippen LogP contribution is -2.29. The molecular formula is C24H20N2O7S. The first-order chi connectivity index (χ1) is 16.4. The van der Waals surface area contributed by atoms with Crippen LogP contribution in [0.4, 0.5) is 5.13 Å². The number of aliphatic hydroxyl groups is 1. The van der Waals surface area contributed by atoms with E-state index < -0.39 is 23.7 Å². The van der Waals surface area contributed by atoms with Crippen LogP contribution in [0.15, 0.2) is 65.3 Å². The first-order valence-corrected chi connectivity index (χ1v) is 10.9. The van der Waals surface area contributed by atoms with Gasteiger partial charge in [0.25, 0.3) is 5.78 Å². The van der Waals surface area contributed by atoms with E-state index in [0.717, 1.165) is 16.2 Å². The van der Waals surface area contributed by atoms with Crippen molar-refractivity contribution in [3.8, 4) is 5.75 Å². The molecule has 1 N–H and O–H groups in total. The second-order valence-electron chi connectivity index (χ2n) is 7.21. The number of benzene rings is 1. The second kappa shape index (κ2) is 9.36. The molecule has 1 unspecified atom stereocenters. The van der Waals surface area contributed by atoms with E-state index in [0.29, 0.717) is 17.0 Å². The van der Waals surface area contributed by atoms with Crippen LogP contribution >= 0.6 is 11.3 Å². The second-order valence-corrected chi connectivity index (χ2v) is 8.19. The van der Waals surface area contributed by atoms with E-state index in [-0.39, 0.29) is 33.7 Å². The molecule has 4 rings (SSSR count). The van der Waals surface area contributed by atoms with Gasteiger partial charge in [-0.05, 0) is 43.3 Å². The number of thiazole rings is 1. The van der Waals surface area contributed by atoms with Crippen molar-refractivity contribution in [2.45, 2.75) is 13.0 Å². The molecule has 0 saturated carbocycles. The van der Waals surface area contributed by atoms with Gasteiger partial charge in [-0.1, -0.05) is 24.0 Å². The van der Waals surface area contributed by atoms with Crippen LogP contribution in [0.25, 0.3) is 5.76 Å². The van der Waals surface area contributed by atoms with E-state index in [2.05, 4.69) is 11.6 Å². The molecule has 0 radical (unpaired) electrons. The minimum atomic E-state index is -1.08. The van der Waals surface area contributed by atoms with Gasteiger partial charge in [-0.3, -0.25) is 14.5 Å². The number of rotatable bonds is 7. The molecule has 1 amide bonds. The maximum absolute atomic E-state index is 13.1. The number of Topliss-reactive ketones (excluding diaryl/α,β-unsaturated/α-hetero) is 1. The number of carbonyl (C=O) groups is 3. The molecule has 1 aliphatic heterocycles. The summed E-state index contributed by atoms with van der Waals surface area (Å²) in [6, 6.07) is 8.50. The van der Waals surface area contributed by atoms with Gasteiger partial charge in [-0.25, -0.2) is 9.78 Å². The zero-order valence-electron chi connectivity index (χ0n) is 18.3. The fourth-order valence-corrected chi connectivity index (χ4v) is 4.51. The average Bonchev–Trinajstić information content (AvgIpc) is 3.56. The van der Waals surface area contributed by atoms with Crippen molar-refractivity contribution in [2.24, 2.45) is 0 Å². The number of hydrogen-bond donors (Lipinski definition) is 1. The Bertz CT molecular complexity index is 1290. The molecule has 34 heavy (non-hydrogen) atoms. The molecule has 0 aliphatic carbocycles. The number of methoxy groups -OCH3 is 1. The number of nitrogens with zero attached hydrogens (tertiary/aromatic N) is 2. The summed E-state index contributed by atoms with van der Waals surface area (Å²) in [5, 5.41) is 11.1. The highest BCUT2D eigenvalue weighted by atomic mass is 32.1. The standard InChI is InChI=1S/C24H20N2O7S/c1-4-11-33-23(30)21-13(2)25-24(34-21)26-18(16-6-5-12-32-16)17(20(28)22(26)29)19(27)14-7-9-15(31-3)10-8-14/h4-10,12,18,27H,1,11H2,2-3H3/b19-17-. The molecule has 1 aromatic carbocycles. The van der Waals surface area contributed by atoms with Crippen molar-refractivity contribution < 1.29 is 33.4 Å². The molecule has 1 atom stereocenters. The summed E-state index contributed by atoms with van der Waals surface area (Å²) in [6.45, 7) is 5.12. The third kappa shape index (κ3) is 3.99. The van der Waals surface area contributed by atoms with Gasteiger partial charge in [-0.2, -0.15) is 0 Å². The van der Waals surface area contributed by atoms with Crippen LogP contribution in [-0.4, -0.2) is 41.5 Å². The smallest absolute Gasteiger partial charge is 0.350 e. The number of ketones is 1. The first kappa shape index (κ1) is 23.0. The van der Waals surface area contributed by atoms with Crippen molar-refractivity contribution >= 4 is 39.9 Å². The summed E-state index contributed by atoms with van der Waals surface area (Å²) in [5.74, 6) is -1.99. The fraction of sp³-hybridized carbons (Fsp3) is 0.167. The van der Waals surface area contributed by atoms with Gasteiger partial charge in [-0.15, -0.1) is 0 Å². The third-order valence-electron chi connectivity index (χ3n) is 5.13. The Labute approximate surface area is 198 Å². The van der Waals surface area contributed by atoms with Crippen LogP contribution in [0.3, 0.4) is 0 Å². The lowest BCUT2D eigenvalue weighted by molar-refractivity contribution is -0.132. The molecule has 3 heterocycles. The molecule has 10 heteroatoms. The van der Waals surface area contributed by atoms with Gasteiger partial charge in [0, 0.05) is 5.56 Å². The van der Waals surface area contributed by atoms with Crippen molar-refractivity contribution in [3.63, 3.8) is 0 Å². The minimum Gasteiger partial charge on any atom is -0.507 e. The maximum Gasteiger partial charge on any atom is 0.350 e. The van der Waals surface area contributed by atoms with Crippen LogP contribution in [-0.2, 0) is 14.3 Å². The number of aryl methyl sites for hydroxylation is 1. The summed E-state index contributed by atoms with van der Waals surface area (Å²) in [5.41, 5.74) is 0.498. The van der Waals surface area contributed by atoms with Crippen LogP contribution in [0.2, 0.25) is 0 Å². The van der Waals surface area contributed by atoms with E-state index in [1.807, 2.05) is 0 Å². The number of aliphatic hydroxyl groups excluding tert-OH is 1. The highest BCUT2D eigenvalue weighted by molar-refractivity contribution is 7.17. The van der Waals surface area contributed by atoms with Gasteiger partial charge in [0.15, 0.2) is 5.13 Å². The molecule has 0 bridgehead atoms. The van der Waals surface area contributed by atoms with E-state index in [4.69, 9.17) is 13.9 Å². The van der Waals surface area contributed by atoms with Crippen LogP contribution in [0.1, 0.15) is 32.7 Å². The topological polar surface area (TPSA) is 119 Å². The van der Waals surface area contributed by atoms with Gasteiger partial charge in [0.05, 0.1) is 24.6 Å². The van der Waals surface area contributed by atoms with Gasteiger partial charge >= 0.3 is 11.9 Å². The predicted octanol–water partition coefficient (Wildman–Crippen LogP) is 4.02. The first-order valence-electron chi connectivity index (χ1n) is 10.1. The third-order valence-corrected chi connectivity index (χ3v) is 6.27. The number of furan rings is 1. The van der Waals surface area contributed by atoms with Gasteiger partial charge in [0.1, 0.15) is 34.8 Å². The van der Waals surface area contributed by atoms with Crippen LogP contribution in [0.5, 0.6) is 5.75 Å². The summed E-state index contributed by atoms with van der Waals surface area (Å²) in [4.78, 5) is 44.2. The van der Waals surface area contributed by atoms with Crippen LogP contribution < -0.4 is 9.64 Å². The highest BCUT2D eigenvalue weighted by Gasteiger charge is 2.49. The van der Waals surface area contributed by atoms with Crippen molar-refractivity contribution in [1.82, 2.24) is 4.98 Å². The average molecular weight is 480 g/mol. The normalized spacial score (nSPS) is 17.1. The van der Waals surface area contributed by atoms with Crippen molar-refractivity contribution in [2.75, 3.05) is 18.6 Å². The van der Waals surface area contributed by atoms with Crippen LogP contribution in [0, 0.1) is 6.92 Å². The maximum atomic E-state index is 13.1. The van der Waals surface area contributed by atoms with Crippen molar-refractivity contribution in [3.05, 3.63) is 82.8 Å². The van der Waals surface area contributed by atoms with Crippen molar-refractivity contribution in [1.29, 1.82) is 0 Å². The molecule has 174 valence electrons. The molecule has 9 nitrogen and oxygen atoms in total. The van der Waals surface area contributed by atoms with Gasteiger partial charge < -0.3 is 19.0 Å². The van der Waals surface area contributed by atoms with E-state index in [1.165, 1.54) is 19.4 Å². The highest BCUT2D eigenvalue weighted by Crippen LogP contribution is 2.44. The van der Waals surface area contributed by atoms with E-state index >= 15 is 0 Å². The Balaban J connectivity index is 1.83. The summed E-state index contributed by atoms with van der Waals surface area (Å²) >= 11 is 0.907. The summed E-state index contributed by atoms with van der Waals surface area (Å²) in [7, 11) is 1.51. The predicted molar refractivity (Wildman–Crippen MR) is 124 cm³/mol. The molecule has 0 spiro atoms. The number of ether oxygens (including phenoxy) is 2. The molecule has 1 aliphatic rings.